The highest BCUT2D eigenvalue weighted by Crippen LogP contribution is 2.23. The number of hydrogen-bond donors (Lipinski definition) is 2. The Morgan fingerprint density at radius 3 is 2.54 bits per heavy atom. The number of benzene rings is 3. The van der Waals surface area contributed by atoms with Gasteiger partial charge >= 0.3 is 0 Å². The van der Waals surface area contributed by atoms with E-state index >= 15 is 0 Å². The van der Waals surface area contributed by atoms with Crippen molar-refractivity contribution in [1.29, 1.82) is 0 Å². The number of anilines is 2. The third-order valence-electron chi connectivity index (χ3n) is 4.66. The fourth-order valence-corrected chi connectivity index (χ4v) is 3.60. The van der Waals surface area contributed by atoms with Gasteiger partial charge in [0.25, 0.3) is 0 Å². The van der Waals surface area contributed by atoms with Crippen LogP contribution >= 0.6 is 12.2 Å². The number of thiocarbonyl (C=S) groups is 1. The van der Waals surface area contributed by atoms with Crippen molar-refractivity contribution in [1.82, 2.24) is 9.78 Å². The standard InChI is InChI=1S/C23H22N4S/c1-16-13-17(2)27(26-16)15-18-7-5-10-20(14-18)24-23(28)25-22-12-6-9-19-8-3-4-11-21(19)22/h3-14H,15H2,1-2H3,(H2,24,25,28). The van der Waals surface area contributed by atoms with E-state index in [0.29, 0.717) is 5.11 Å². The fourth-order valence-electron chi connectivity index (χ4n) is 3.37. The van der Waals surface area contributed by atoms with Gasteiger partial charge in [0.1, 0.15) is 0 Å². The summed E-state index contributed by atoms with van der Waals surface area (Å²) in [5.41, 5.74) is 5.31. The summed E-state index contributed by atoms with van der Waals surface area (Å²) in [4.78, 5) is 0. The molecule has 4 aromatic rings. The minimum Gasteiger partial charge on any atom is -0.332 e. The molecule has 0 radical (unpaired) electrons. The van der Waals surface area contributed by atoms with Gasteiger partial charge in [0.2, 0.25) is 0 Å². The summed E-state index contributed by atoms with van der Waals surface area (Å²) >= 11 is 5.54. The molecule has 5 heteroatoms. The molecule has 0 saturated heterocycles. The molecule has 0 aliphatic carbocycles. The van der Waals surface area contributed by atoms with E-state index in [1.165, 1.54) is 10.9 Å². The van der Waals surface area contributed by atoms with Gasteiger partial charge in [-0.25, -0.2) is 0 Å². The number of nitrogens with one attached hydrogen (secondary N) is 2. The van der Waals surface area contributed by atoms with E-state index in [0.717, 1.165) is 34.7 Å². The second-order valence-corrected chi connectivity index (χ2v) is 7.30. The first-order valence-corrected chi connectivity index (χ1v) is 9.65. The first kappa shape index (κ1) is 18.2. The van der Waals surface area contributed by atoms with Crippen molar-refractivity contribution in [3.05, 3.63) is 89.7 Å². The van der Waals surface area contributed by atoms with Crippen LogP contribution in [-0.4, -0.2) is 14.9 Å². The molecule has 28 heavy (non-hydrogen) atoms. The first-order valence-electron chi connectivity index (χ1n) is 9.24. The molecule has 0 spiro atoms. The molecule has 0 unspecified atom stereocenters. The topological polar surface area (TPSA) is 41.9 Å². The van der Waals surface area contributed by atoms with Crippen molar-refractivity contribution in [2.45, 2.75) is 20.4 Å². The summed E-state index contributed by atoms with van der Waals surface area (Å²) in [6.45, 7) is 4.82. The molecule has 0 aliphatic heterocycles. The lowest BCUT2D eigenvalue weighted by molar-refractivity contribution is 0.659. The molecule has 0 aliphatic rings. The van der Waals surface area contributed by atoms with Crippen LogP contribution in [-0.2, 0) is 6.54 Å². The van der Waals surface area contributed by atoms with Gasteiger partial charge in [-0.1, -0.05) is 48.5 Å². The van der Waals surface area contributed by atoms with Crippen molar-refractivity contribution in [2.24, 2.45) is 0 Å². The van der Waals surface area contributed by atoms with Crippen LogP contribution in [0.2, 0.25) is 0 Å². The molecule has 0 saturated carbocycles. The lowest BCUT2D eigenvalue weighted by Gasteiger charge is -2.13. The molecule has 140 valence electrons. The van der Waals surface area contributed by atoms with Gasteiger partial charge in [-0.15, -0.1) is 0 Å². The SMILES string of the molecule is Cc1cc(C)n(Cc2cccc(NC(=S)Nc3cccc4ccccc34)c2)n1. The van der Waals surface area contributed by atoms with E-state index in [4.69, 9.17) is 12.2 Å². The van der Waals surface area contributed by atoms with E-state index in [1.807, 2.05) is 48.0 Å². The molecule has 0 bridgehead atoms. The summed E-state index contributed by atoms with van der Waals surface area (Å²) in [5, 5.41) is 14.0. The minimum atomic E-state index is 0.569. The maximum absolute atomic E-state index is 5.54. The highest BCUT2D eigenvalue weighted by molar-refractivity contribution is 7.80. The maximum Gasteiger partial charge on any atom is 0.175 e. The Morgan fingerprint density at radius 1 is 0.929 bits per heavy atom. The van der Waals surface area contributed by atoms with E-state index in [9.17, 15) is 0 Å². The van der Waals surface area contributed by atoms with Crippen molar-refractivity contribution < 1.29 is 0 Å². The fraction of sp³-hybridized carbons (Fsp3) is 0.130. The normalized spacial score (nSPS) is 10.8. The Morgan fingerprint density at radius 2 is 1.71 bits per heavy atom. The Bertz CT molecular complexity index is 1140. The first-order chi connectivity index (χ1) is 13.6. The third-order valence-corrected chi connectivity index (χ3v) is 4.86. The second kappa shape index (κ2) is 7.82. The van der Waals surface area contributed by atoms with E-state index in [1.54, 1.807) is 0 Å². The molecule has 4 rings (SSSR count). The van der Waals surface area contributed by atoms with Gasteiger partial charge < -0.3 is 10.6 Å². The molecule has 0 fully saturated rings. The van der Waals surface area contributed by atoms with Crippen molar-refractivity contribution >= 4 is 39.5 Å². The van der Waals surface area contributed by atoms with Gasteiger partial charge in [-0.05, 0) is 61.3 Å². The summed E-state index contributed by atoms with van der Waals surface area (Å²) < 4.78 is 2.02. The molecule has 3 aromatic carbocycles. The third kappa shape index (κ3) is 4.05. The van der Waals surface area contributed by atoms with Gasteiger partial charge in [-0.3, -0.25) is 4.68 Å². The van der Waals surface area contributed by atoms with Crippen LogP contribution in [0.25, 0.3) is 10.8 Å². The van der Waals surface area contributed by atoms with E-state index < -0.39 is 0 Å². The predicted octanol–water partition coefficient (Wildman–Crippen LogP) is 5.51. The Kier molecular flexibility index (Phi) is 5.08. The van der Waals surface area contributed by atoms with Crippen LogP contribution in [0.15, 0.2) is 72.8 Å². The molecule has 0 atom stereocenters. The van der Waals surface area contributed by atoms with Gasteiger partial charge in [0, 0.05) is 22.5 Å². The van der Waals surface area contributed by atoms with Crippen molar-refractivity contribution in [2.75, 3.05) is 10.6 Å². The van der Waals surface area contributed by atoms with Crippen LogP contribution in [0.3, 0.4) is 0 Å². The molecular weight excluding hydrogens is 364 g/mol. The lowest BCUT2D eigenvalue weighted by atomic mass is 10.1. The van der Waals surface area contributed by atoms with E-state index in [-0.39, 0.29) is 0 Å². The smallest absolute Gasteiger partial charge is 0.175 e. The maximum atomic E-state index is 5.54. The Balaban J connectivity index is 1.48. The zero-order valence-electron chi connectivity index (χ0n) is 15.9. The summed E-state index contributed by atoms with van der Waals surface area (Å²) in [5.74, 6) is 0. The van der Waals surface area contributed by atoms with Crippen LogP contribution < -0.4 is 10.6 Å². The molecule has 2 N–H and O–H groups in total. The average molecular weight is 387 g/mol. The minimum absolute atomic E-state index is 0.569. The predicted molar refractivity (Wildman–Crippen MR) is 121 cm³/mol. The Hall–Kier alpha value is -3.18. The number of fused-ring (bicyclic) bond motifs is 1. The molecule has 1 heterocycles. The van der Waals surface area contributed by atoms with Crippen LogP contribution in [0.5, 0.6) is 0 Å². The highest BCUT2D eigenvalue weighted by atomic mass is 32.1. The molecular formula is C23H22N4S. The molecule has 1 aromatic heterocycles. The van der Waals surface area contributed by atoms with Gasteiger partial charge in [0.15, 0.2) is 5.11 Å². The van der Waals surface area contributed by atoms with Crippen LogP contribution in [0, 0.1) is 13.8 Å². The number of aryl methyl sites for hydroxylation is 2. The quantitative estimate of drug-likeness (QED) is 0.454. The Labute approximate surface area is 170 Å². The number of hydrogen-bond acceptors (Lipinski definition) is 2. The molecule has 0 amide bonds. The van der Waals surface area contributed by atoms with E-state index in [2.05, 4.69) is 59.1 Å². The van der Waals surface area contributed by atoms with Gasteiger partial charge in [-0.2, -0.15) is 5.10 Å². The summed E-state index contributed by atoms with van der Waals surface area (Å²) in [6.07, 6.45) is 0. The average Bonchev–Trinajstić information content (AvgIpc) is 2.99. The highest BCUT2D eigenvalue weighted by Gasteiger charge is 2.05. The van der Waals surface area contributed by atoms with Crippen LogP contribution in [0.4, 0.5) is 11.4 Å². The summed E-state index contributed by atoms with van der Waals surface area (Å²) in [7, 11) is 0. The second-order valence-electron chi connectivity index (χ2n) is 6.89. The monoisotopic (exact) mass is 386 g/mol. The zero-order valence-corrected chi connectivity index (χ0v) is 16.8. The van der Waals surface area contributed by atoms with Crippen LogP contribution in [0.1, 0.15) is 17.0 Å². The number of aromatic nitrogens is 2. The van der Waals surface area contributed by atoms with Gasteiger partial charge in [0.05, 0.1) is 12.2 Å². The number of nitrogens with zero attached hydrogens (tertiary/aromatic N) is 2. The molecule has 4 nitrogen and oxygen atoms in total. The zero-order chi connectivity index (χ0) is 19.5. The van der Waals surface area contributed by atoms with Crippen molar-refractivity contribution in [3.8, 4) is 0 Å². The lowest BCUT2D eigenvalue weighted by Crippen LogP contribution is -2.19. The number of rotatable bonds is 4. The van der Waals surface area contributed by atoms with Crippen molar-refractivity contribution in [3.63, 3.8) is 0 Å². The summed E-state index contributed by atoms with van der Waals surface area (Å²) in [6, 6.07) is 24.8. The largest absolute Gasteiger partial charge is 0.332 e.